The van der Waals surface area contributed by atoms with E-state index in [4.69, 9.17) is 10.7 Å². The van der Waals surface area contributed by atoms with Gasteiger partial charge in [-0.2, -0.15) is 0 Å². The molecule has 30 heavy (non-hydrogen) atoms. The number of benzene rings is 2. The van der Waals surface area contributed by atoms with Gasteiger partial charge in [-0.1, -0.05) is 36.9 Å². The fourth-order valence-electron chi connectivity index (χ4n) is 3.95. The second-order valence-corrected chi connectivity index (χ2v) is 7.37. The predicted molar refractivity (Wildman–Crippen MR) is 121 cm³/mol. The fraction of sp³-hybridized carbons (Fsp3) is 0.130. The molecule has 0 saturated heterocycles. The highest BCUT2D eigenvalue weighted by molar-refractivity contribution is 6.13. The van der Waals surface area contributed by atoms with Crippen molar-refractivity contribution in [2.75, 3.05) is 10.6 Å². The van der Waals surface area contributed by atoms with Crippen molar-refractivity contribution in [3.63, 3.8) is 0 Å². The summed E-state index contributed by atoms with van der Waals surface area (Å²) in [5.74, 6) is 1.20. The fourth-order valence-corrected chi connectivity index (χ4v) is 3.95. The molecule has 0 unspecified atom stereocenters. The predicted octanol–water partition coefficient (Wildman–Crippen LogP) is 4.25. The summed E-state index contributed by atoms with van der Waals surface area (Å²) in [6.45, 7) is 9.09. The Labute approximate surface area is 174 Å². The molecule has 2 aromatic heterocycles. The number of anilines is 2. The minimum atomic E-state index is 0.366. The van der Waals surface area contributed by atoms with Crippen molar-refractivity contribution in [1.82, 2.24) is 19.5 Å². The van der Waals surface area contributed by atoms with E-state index in [1.807, 2.05) is 28.8 Å². The zero-order valence-electron chi connectivity index (χ0n) is 16.9. The van der Waals surface area contributed by atoms with Gasteiger partial charge in [0.1, 0.15) is 17.7 Å². The Morgan fingerprint density at radius 3 is 2.60 bits per heavy atom. The minimum Gasteiger partial charge on any atom is -0.382 e. The first-order valence-electron chi connectivity index (χ1n) is 9.68. The van der Waals surface area contributed by atoms with Gasteiger partial charge in [0, 0.05) is 11.3 Å². The van der Waals surface area contributed by atoms with Crippen LogP contribution in [0.3, 0.4) is 0 Å². The van der Waals surface area contributed by atoms with Gasteiger partial charge in [0.05, 0.1) is 24.2 Å². The molecule has 7 heteroatoms. The molecule has 0 amide bonds. The van der Waals surface area contributed by atoms with E-state index in [1.54, 1.807) is 6.33 Å². The summed E-state index contributed by atoms with van der Waals surface area (Å²) in [4.78, 5) is 19.9. The van der Waals surface area contributed by atoms with E-state index in [1.165, 1.54) is 6.33 Å². The third-order valence-electron chi connectivity index (χ3n) is 5.41. The highest BCUT2D eigenvalue weighted by Crippen LogP contribution is 2.39. The number of para-hydroxylation sites is 1. The Balaban J connectivity index is 1.69. The van der Waals surface area contributed by atoms with E-state index >= 15 is 0 Å². The molecule has 0 spiro atoms. The molecule has 0 saturated carbocycles. The molecule has 2 N–H and O–H groups in total. The lowest BCUT2D eigenvalue weighted by Crippen LogP contribution is -2.35. The number of fused-ring (bicyclic) bond motifs is 2. The van der Waals surface area contributed by atoms with Crippen LogP contribution in [0.1, 0.15) is 16.7 Å². The number of aromatic nitrogens is 4. The van der Waals surface area contributed by atoms with Crippen molar-refractivity contribution in [3.05, 3.63) is 78.4 Å². The Hall–Kier alpha value is -4.00. The van der Waals surface area contributed by atoms with Crippen LogP contribution in [0, 0.1) is 13.8 Å². The lowest BCUT2D eigenvalue weighted by Gasteiger charge is -2.34. The molecule has 3 heterocycles. The number of hydrogen-bond donors (Lipinski definition) is 1. The molecule has 5 rings (SSSR count). The van der Waals surface area contributed by atoms with Gasteiger partial charge in [0.15, 0.2) is 11.5 Å². The Morgan fingerprint density at radius 1 is 0.967 bits per heavy atom. The largest absolute Gasteiger partial charge is 0.382 e. The first kappa shape index (κ1) is 18.1. The van der Waals surface area contributed by atoms with Crippen LogP contribution in [0.15, 0.2) is 66.7 Å². The van der Waals surface area contributed by atoms with E-state index < -0.39 is 0 Å². The summed E-state index contributed by atoms with van der Waals surface area (Å²) >= 11 is 0. The normalized spacial score (nSPS) is 13.5. The second kappa shape index (κ2) is 6.81. The van der Waals surface area contributed by atoms with E-state index in [2.05, 4.69) is 58.5 Å². The zero-order chi connectivity index (χ0) is 20.8. The van der Waals surface area contributed by atoms with Gasteiger partial charge in [-0.05, 0) is 37.1 Å². The molecule has 0 atom stereocenters. The molecule has 0 fully saturated rings. The number of imidazole rings is 1. The smallest absolute Gasteiger partial charge is 0.165 e. The second-order valence-electron chi connectivity index (χ2n) is 7.37. The van der Waals surface area contributed by atoms with Gasteiger partial charge in [0.2, 0.25) is 0 Å². The number of nitrogens with two attached hydrogens (primary N) is 1. The molecular weight excluding hydrogens is 374 g/mol. The molecule has 0 aliphatic carbocycles. The maximum Gasteiger partial charge on any atom is 0.165 e. The van der Waals surface area contributed by atoms with Crippen molar-refractivity contribution in [1.29, 1.82) is 0 Å². The maximum absolute atomic E-state index is 5.96. The Kier molecular flexibility index (Phi) is 4.10. The summed E-state index contributed by atoms with van der Waals surface area (Å²) in [6, 6.07) is 14.4. The molecule has 0 radical (unpaired) electrons. The quantitative estimate of drug-likeness (QED) is 0.561. The van der Waals surface area contributed by atoms with E-state index in [-0.39, 0.29) is 0 Å². The van der Waals surface area contributed by atoms with Crippen LogP contribution in [0.4, 0.5) is 17.2 Å². The van der Waals surface area contributed by atoms with Crippen molar-refractivity contribution < 1.29 is 0 Å². The SMILES string of the molecule is C=C1c2c(C)cccc2N=C(Cn2cnc3c(N)ncnc32)N1c1ccccc1C. The van der Waals surface area contributed by atoms with Gasteiger partial charge < -0.3 is 10.3 Å². The highest BCUT2D eigenvalue weighted by Gasteiger charge is 2.27. The number of nitrogen functional groups attached to an aromatic ring is 1. The average molecular weight is 395 g/mol. The summed E-state index contributed by atoms with van der Waals surface area (Å²) in [7, 11) is 0. The minimum absolute atomic E-state index is 0.366. The van der Waals surface area contributed by atoms with Crippen LogP contribution >= 0.6 is 0 Å². The molecule has 1 aliphatic rings. The van der Waals surface area contributed by atoms with Crippen LogP contribution < -0.4 is 10.6 Å². The van der Waals surface area contributed by atoms with Crippen LogP contribution in [0.5, 0.6) is 0 Å². The third kappa shape index (κ3) is 2.75. The monoisotopic (exact) mass is 395 g/mol. The van der Waals surface area contributed by atoms with Gasteiger partial charge in [-0.3, -0.25) is 4.90 Å². The summed E-state index contributed by atoms with van der Waals surface area (Å²) in [6.07, 6.45) is 3.18. The Morgan fingerprint density at radius 2 is 1.77 bits per heavy atom. The van der Waals surface area contributed by atoms with Crippen LogP contribution in [-0.2, 0) is 6.54 Å². The molecular formula is C23H21N7. The number of aliphatic imine (C=N–C) groups is 1. The molecule has 1 aliphatic heterocycles. The van der Waals surface area contributed by atoms with Gasteiger partial charge in [0.25, 0.3) is 0 Å². The van der Waals surface area contributed by atoms with E-state index in [0.717, 1.165) is 39.6 Å². The number of hydrogen-bond acceptors (Lipinski definition) is 6. The lowest BCUT2D eigenvalue weighted by molar-refractivity contribution is 0.854. The summed E-state index contributed by atoms with van der Waals surface area (Å²) in [5.41, 5.74) is 13.4. The first-order valence-corrected chi connectivity index (χ1v) is 9.68. The number of aryl methyl sites for hydroxylation is 2. The zero-order valence-corrected chi connectivity index (χ0v) is 16.9. The first-order chi connectivity index (χ1) is 14.5. The number of rotatable bonds is 3. The van der Waals surface area contributed by atoms with Crippen molar-refractivity contribution in [2.24, 2.45) is 4.99 Å². The van der Waals surface area contributed by atoms with Crippen LogP contribution in [0.25, 0.3) is 16.9 Å². The van der Waals surface area contributed by atoms with Crippen molar-refractivity contribution in [3.8, 4) is 0 Å². The molecule has 4 aromatic rings. The molecule has 0 bridgehead atoms. The third-order valence-corrected chi connectivity index (χ3v) is 5.41. The number of nitrogens with zero attached hydrogens (tertiary/aromatic N) is 6. The summed E-state index contributed by atoms with van der Waals surface area (Å²) < 4.78 is 1.94. The van der Waals surface area contributed by atoms with Gasteiger partial charge >= 0.3 is 0 Å². The summed E-state index contributed by atoms with van der Waals surface area (Å²) in [5, 5.41) is 0. The highest BCUT2D eigenvalue weighted by atomic mass is 15.3. The average Bonchev–Trinajstić information content (AvgIpc) is 3.13. The Bertz CT molecular complexity index is 1330. The topological polar surface area (TPSA) is 85.2 Å². The standard InChI is InChI=1S/C23H21N7/c1-14-7-4-5-10-18(14)30-16(3)20-15(2)8-6-9-17(20)28-19(30)11-29-13-27-21-22(24)25-12-26-23(21)29/h4-10,12-13H,3,11H2,1-2H3,(H2,24,25,26). The van der Waals surface area contributed by atoms with Crippen molar-refractivity contribution in [2.45, 2.75) is 20.4 Å². The van der Waals surface area contributed by atoms with E-state index in [0.29, 0.717) is 23.5 Å². The maximum atomic E-state index is 5.96. The van der Waals surface area contributed by atoms with Crippen molar-refractivity contribution >= 4 is 39.9 Å². The van der Waals surface area contributed by atoms with Crippen LogP contribution in [0.2, 0.25) is 0 Å². The van der Waals surface area contributed by atoms with Crippen LogP contribution in [-0.4, -0.2) is 25.4 Å². The van der Waals surface area contributed by atoms with Gasteiger partial charge in [-0.15, -0.1) is 0 Å². The van der Waals surface area contributed by atoms with Gasteiger partial charge in [-0.25, -0.2) is 19.9 Å². The van der Waals surface area contributed by atoms with E-state index in [9.17, 15) is 0 Å². The molecule has 7 nitrogen and oxygen atoms in total. The molecule has 2 aromatic carbocycles. The lowest BCUT2D eigenvalue weighted by atomic mass is 10.00. The number of amidine groups is 1. The molecule has 148 valence electrons.